The van der Waals surface area contributed by atoms with Crippen molar-refractivity contribution in [2.75, 3.05) is 20.3 Å². The number of carbonyl (C=O) groups excluding carboxylic acids is 1. The van der Waals surface area contributed by atoms with Gasteiger partial charge in [-0.1, -0.05) is 0 Å². The maximum atomic E-state index is 11.4. The summed E-state index contributed by atoms with van der Waals surface area (Å²) in [5.41, 5.74) is 0.677. The summed E-state index contributed by atoms with van der Waals surface area (Å²) < 4.78 is 4.85. The molecular weight excluding hydrogens is 222 g/mol. The molecular formula is C9H12ClNO2S. The summed E-state index contributed by atoms with van der Waals surface area (Å²) in [5, 5.41) is 6.21. The summed E-state index contributed by atoms with van der Waals surface area (Å²) in [6.07, 6.45) is 0. The lowest BCUT2D eigenvalue weighted by Crippen LogP contribution is -2.31. The van der Waals surface area contributed by atoms with Crippen molar-refractivity contribution in [3.8, 4) is 0 Å². The van der Waals surface area contributed by atoms with Crippen molar-refractivity contribution in [3.63, 3.8) is 0 Å². The van der Waals surface area contributed by atoms with Gasteiger partial charge in [0.05, 0.1) is 12.0 Å². The first-order valence-corrected chi connectivity index (χ1v) is 5.55. The van der Waals surface area contributed by atoms with Crippen LogP contribution >= 0.6 is 22.9 Å². The Balaban J connectivity index is 2.28. The minimum Gasteiger partial charge on any atom is -0.383 e. The Bertz CT molecular complexity index is 276. The van der Waals surface area contributed by atoms with Crippen LogP contribution in [0.3, 0.4) is 0 Å². The van der Waals surface area contributed by atoms with Crippen LogP contribution in [0.25, 0.3) is 0 Å². The topological polar surface area (TPSA) is 38.3 Å². The van der Waals surface area contributed by atoms with E-state index in [1.54, 1.807) is 18.6 Å². The summed E-state index contributed by atoms with van der Waals surface area (Å²) in [4.78, 5) is 11.4. The molecule has 1 amide bonds. The SMILES string of the molecule is COCC(Cl)CNC(=O)c1ccsc1. The van der Waals surface area contributed by atoms with Crippen LogP contribution in [0.15, 0.2) is 16.8 Å². The third kappa shape index (κ3) is 3.65. The Morgan fingerprint density at radius 1 is 1.79 bits per heavy atom. The van der Waals surface area contributed by atoms with Crippen molar-refractivity contribution in [3.05, 3.63) is 22.4 Å². The second-order valence-electron chi connectivity index (χ2n) is 2.77. The zero-order chi connectivity index (χ0) is 10.4. The molecule has 0 radical (unpaired) electrons. The van der Waals surface area contributed by atoms with E-state index in [0.717, 1.165) is 0 Å². The van der Waals surface area contributed by atoms with Gasteiger partial charge < -0.3 is 10.1 Å². The Morgan fingerprint density at radius 3 is 3.14 bits per heavy atom. The number of halogens is 1. The minimum atomic E-state index is -0.178. The Morgan fingerprint density at radius 2 is 2.57 bits per heavy atom. The Labute approximate surface area is 92.0 Å². The van der Waals surface area contributed by atoms with E-state index in [1.807, 2.05) is 5.38 Å². The maximum absolute atomic E-state index is 11.4. The van der Waals surface area contributed by atoms with Gasteiger partial charge in [-0.2, -0.15) is 11.3 Å². The van der Waals surface area contributed by atoms with E-state index in [9.17, 15) is 4.79 Å². The van der Waals surface area contributed by atoms with Gasteiger partial charge in [-0.15, -0.1) is 11.6 Å². The van der Waals surface area contributed by atoms with Crippen LogP contribution in [0.5, 0.6) is 0 Å². The summed E-state index contributed by atoms with van der Waals surface area (Å²) in [7, 11) is 1.58. The van der Waals surface area contributed by atoms with Crippen molar-refractivity contribution in [1.82, 2.24) is 5.32 Å². The average molecular weight is 234 g/mol. The van der Waals surface area contributed by atoms with E-state index >= 15 is 0 Å². The van der Waals surface area contributed by atoms with E-state index in [1.165, 1.54) is 11.3 Å². The largest absolute Gasteiger partial charge is 0.383 e. The first-order chi connectivity index (χ1) is 6.74. The van der Waals surface area contributed by atoms with Crippen molar-refractivity contribution >= 4 is 28.8 Å². The second-order valence-corrected chi connectivity index (χ2v) is 4.17. The number of amides is 1. The molecule has 0 saturated carbocycles. The molecule has 0 aliphatic rings. The minimum absolute atomic E-state index is 0.0898. The van der Waals surface area contributed by atoms with Gasteiger partial charge in [0.15, 0.2) is 0 Å². The van der Waals surface area contributed by atoms with Crippen LogP contribution in [0.4, 0.5) is 0 Å². The lowest BCUT2D eigenvalue weighted by atomic mass is 10.3. The average Bonchev–Trinajstić information content (AvgIpc) is 2.67. The maximum Gasteiger partial charge on any atom is 0.252 e. The first kappa shape index (κ1) is 11.5. The molecule has 1 rings (SSSR count). The van der Waals surface area contributed by atoms with E-state index < -0.39 is 0 Å². The number of hydrogen-bond acceptors (Lipinski definition) is 3. The molecule has 0 saturated heterocycles. The fraction of sp³-hybridized carbons (Fsp3) is 0.444. The molecule has 1 aromatic rings. The monoisotopic (exact) mass is 233 g/mol. The van der Waals surface area contributed by atoms with Crippen LogP contribution < -0.4 is 5.32 Å². The van der Waals surface area contributed by atoms with Crippen LogP contribution in [0.2, 0.25) is 0 Å². The van der Waals surface area contributed by atoms with Gasteiger partial charge >= 0.3 is 0 Å². The number of ether oxygens (including phenoxy) is 1. The molecule has 0 aliphatic heterocycles. The third-order valence-corrected chi connectivity index (χ3v) is 2.58. The molecule has 1 N–H and O–H groups in total. The summed E-state index contributed by atoms with van der Waals surface area (Å²) in [6, 6.07) is 1.78. The fourth-order valence-corrected chi connectivity index (χ4v) is 1.78. The smallest absolute Gasteiger partial charge is 0.252 e. The molecule has 1 heterocycles. The van der Waals surface area contributed by atoms with E-state index in [0.29, 0.717) is 18.7 Å². The van der Waals surface area contributed by atoms with Gasteiger partial charge in [0, 0.05) is 24.6 Å². The van der Waals surface area contributed by atoms with Gasteiger partial charge in [-0.3, -0.25) is 4.79 Å². The van der Waals surface area contributed by atoms with Gasteiger partial charge in [-0.25, -0.2) is 0 Å². The highest BCUT2D eigenvalue weighted by atomic mass is 35.5. The highest BCUT2D eigenvalue weighted by Crippen LogP contribution is 2.05. The van der Waals surface area contributed by atoms with Crippen molar-refractivity contribution in [2.24, 2.45) is 0 Å². The highest BCUT2D eigenvalue weighted by molar-refractivity contribution is 7.08. The number of methoxy groups -OCH3 is 1. The molecule has 0 spiro atoms. The van der Waals surface area contributed by atoms with Crippen LogP contribution in [0, 0.1) is 0 Å². The number of nitrogens with one attached hydrogen (secondary N) is 1. The van der Waals surface area contributed by atoms with E-state index in [2.05, 4.69) is 5.32 Å². The zero-order valence-electron chi connectivity index (χ0n) is 7.83. The van der Waals surface area contributed by atoms with E-state index in [4.69, 9.17) is 16.3 Å². The molecule has 1 unspecified atom stereocenters. The zero-order valence-corrected chi connectivity index (χ0v) is 9.40. The molecule has 0 bridgehead atoms. The second kappa shape index (κ2) is 6.01. The number of carbonyl (C=O) groups is 1. The number of thiophene rings is 1. The Hall–Kier alpha value is -0.580. The summed E-state index contributed by atoms with van der Waals surface area (Å²) >= 11 is 7.34. The molecule has 14 heavy (non-hydrogen) atoms. The van der Waals surface area contributed by atoms with E-state index in [-0.39, 0.29) is 11.3 Å². The predicted octanol–water partition coefficient (Wildman–Crippen LogP) is 1.73. The molecule has 0 fully saturated rings. The highest BCUT2D eigenvalue weighted by Gasteiger charge is 2.08. The lowest BCUT2D eigenvalue weighted by Gasteiger charge is -2.08. The van der Waals surface area contributed by atoms with Gasteiger partial charge in [0.25, 0.3) is 5.91 Å². The van der Waals surface area contributed by atoms with Crippen LogP contribution in [0.1, 0.15) is 10.4 Å². The van der Waals surface area contributed by atoms with Gasteiger partial charge in [0.2, 0.25) is 0 Å². The summed E-state index contributed by atoms with van der Waals surface area (Å²) in [5.74, 6) is -0.0898. The molecule has 0 aromatic carbocycles. The number of hydrogen-bond donors (Lipinski definition) is 1. The quantitative estimate of drug-likeness (QED) is 0.787. The fourth-order valence-electron chi connectivity index (χ4n) is 0.939. The van der Waals surface area contributed by atoms with Gasteiger partial charge in [-0.05, 0) is 11.4 Å². The molecule has 1 aromatic heterocycles. The first-order valence-electron chi connectivity index (χ1n) is 4.17. The standard InChI is InChI=1S/C9H12ClNO2S/c1-13-5-8(10)4-11-9(12)7-2-3-14-6-7/h2-3,6,8H,4-5H2,1H3,(H,11,12). The number of alkyl halides is 1. The third-order valence-electron chi connectivity index (χ3n) is 1.61. The molecule has 5 heteroatoms. The normalized spacial score (nSPS) is 12.4. The van der Waals surface area contributed by atoms with Crippen LogP contribution in [-0.4, -0.2) is 31.5 Å². The van der Waals surface area contributed by atoms with Crippen LogP contribution in [-0.2, 0) is 4.74 Å². The van der Waals surface area contributed by atoms with Crippen molar-refractivity contribution in [1.29, 1.82) is 0 Å². The molecule has 78 valence electrons. The van der Waals surface area contributed by atoms with Gasteiger partial charge in [0.1, 0.15) is 0 Å². The summed E-state index contributed by atoms with van der Waals surface area (Å²) in [6.45, 7) is 0.857. The lowest BCUT2D eigenvalue weighted by molar-refractivity contribution is 0.0949. The molecule has 0 aliphatic carbocycles. The number of rotatable bonds is 5. The van der Waals surface area contributed by atoms with Crippen molar-refractivity contribution < 1.29 is 9.53 Å². The molecule has 3 nitrogen and oxygen atoms in total. The van der Waals surface area contributed by atoms with Crippen molar-refractivity contribution in [2.45, 2.75) is 5.38 Å². The molecule has 1 atom stereocenters. The Kier molecular flexibility index (Phi) is 4.93. The predicted molar refractivity (Wildman–Crippen MR) is 58.2 cm³/mol.